The first-order valence-corrected chi connectivity index (χ1v) is 7.49. The van der Waals surface area contributed by atoms with Crippen LogP contribution < -0.4 is 0 Å². The molecular formula is C11H12ClN3OS. The second kappa shape index (κ2) is 5.03. The Hall–Kier alpha value is -1.12. The molecule has 90 valence electrons. The average Bonchev–Trinajstić information content (AvgIpc) is 2.64. The Labute approximate surface area is 106 Å². The van der Waals surface area contributed by atoms with Crippen LogP contribution in [-0.4, -0.2) is 20.2 Å². The molecule has 4 nitrogen and oxygen atoms in total. The lowest BCUT2D eigenvalue weighted by molar-refractivity contribution is 0.667. The lowest BCUT2D eigenvalue weighted by atomic mass is 10.1. The summed E-state index contributed by atoms with van der Waals surface area (Å²) in [5.74, 6) is 0.534. The van der Waals surface area contributed by atoms with Gasteiger partial charge in [0.1, 0.15) is 5.15 Å². The van der Waals surface area contributed by atoms with E-state index >= 15 is 0 Å². The molecule has 0 amide bonds. The summed E-state index contributed by atoms with van der Waals surface area (Å²) in [5, 5.41) is 9.00. The van der Waals surface area contributed by atoms with Crippen molar-refractivity contribution in [3.63, 3.8) is 0 Å². The van der Waals surface area contributed by atoms with Crippen molar-refractivity contribution >= 4 is 21.3 Å². The molecule has 0 aliphatic carbocycles. The molecule has 6 heteroatoms. The van der Waals surface area contributed by atoms with E-state index in [9.17, 15) is 4.21 Å². The number of hydrogen-bond donors (Lipinski definition) is 0. The fraction of sp³-hybridized carbons (Fsp3) is 0.455. The van der Waals surface area contributed by atoms with Gasteiger partial charge in [-0.25, -0.2) is 9.19 Å². The summed E-state index contributed by atoms with van der Waals surface area (Å²) in [6.45, 7) is 0. The summed E-state index contributed by atoms with van der Waals surface area (Å²) in [6, 6.07) is 3.59. The molecule has 2 rings (SSSR count). The van der Waals surface area contributed by atoms with E-state index in [2.05, 4.69) is 9.35 Å². The maximum Gasteiger partial charge on any atom is 0.214 e. The van der Waals surface area contributed by atoms with Gasteiger partial charge in [0, 0.05) is 17.2 Å². The molecule has 1 aromatic heterocycles. The molecule has 1 aromatic rings. The minimum atomic E-state index is -2.35. The molecule has 1 fully saturated rings. The summed E-state index contributed by atoms with van der Waals surface area (Å²) in [7, 11) is -2.35. The van der Waals surface area contributed by atoms with Gasteiger partial charge in [-0.2, -0.15) is 5.26 Å². The smallest absolute Gasteiger partial charge is 0.214 e. The number of pyridine rings is 1. The molecule has 1 saturated heterocycles. The minimum absolute atomic E-state index is 0.0369. The lowest BCUT2D eigenvalue weighted by Gasteiger charge is -2.11. The van der Waals surface area contributed by atoms with Gasteiger partial charge in [0.05, 0.1) is 9.73 Å². The SMILES string of the molecule is N#CN=[S@@]1(=O)CCCC1Cc1ccc(Cl)nc1. The molecule has 0 bridgehead atoms. The first-order chi connectivity index (χ1) is 8.14. The van der Waals surface area contributed by atoms with Gasteiger partial charge in [0.15, 0.2) is 0 Å². The first kappa shape index (κ1) is 12.3. The second-order valence-corrected chi connectivity index (χ2v) is 7.07. The van der Waals surface area contributed by atoms with Crippen LogP contribution in [-0.2, 0) is 16.1 Å². The molecule has 2 atom stereocenters. The Balaban J connectivity index is 2.20. The third-order valence-electron chi connectivity index (χ3n) is 2.93. The van der Waals surface area contributed by atoms with Crippen molar-refractivity contribution in [3.05, 3.63) is 29.0 Å². The van der Waals surface area contributed by atoms with Crippen LogP contribution in [0.1, 0.15) is 18.4 Å². The maximum atomic E-state index is 12.4. The van der Waals surface area contributed by atoms with Crippen molar-refractivity contribution in [1.29, 1.82) is 5.26 Å². The van der Waals surface area contributed by atoms with E-state index in [1.807, 2.05) is 6.07 Å². The van der Waals surface area contributed by atoms with Crippen LogP contribution in [0, 0.1) is 11.5 Å². The third-order valence-corrected chi connectivity index (χ3v) is 5.86. The van der Waals surface area contributed by atoms with Crippen molar-refractivity contribution < 1.29 is 4.21 Å². The van der Waals surface area contributed by atoms with E-state index in [1.54, 1.807) is 18.5 Å². The molecule has 0 saturated carbocycles. The highest BCUT2D eigenvalue weighted by molar-refractivity contribution is 7.94. The van der Waals surface area contributed by atoms with Gasteiger partial charge in [-0.05, 0) is 30.9 Å². The van der Waals surface area contributed by atoms with Gasteiger partial charge < -0.3 is 0 Å². The fourth-order valence-electron chi connectivity index (χ4n) is 2.08. The van der Waals surface area contributed by atoms with Crippen molar-refractivity contribution in [3.8, 4) is 6.19 Å². The zero-order valence-corrected chi connectivity index (χ0v) is 10.7. The number of aromatic nitrogens is 1. The molecule has 1 aliphatic heterocycles. The van der Waals surface area contributed by atoms with E-state index < -0.39 is 9.73 Å². The number of nitriles is 1. The summed E-state index contributed by atoms with van der Waals surface area (Å²) < 4.78 is 16.0. The summed E-state index contributed by atoms with van der Waals surface area (Å²) in [4.78, 5) is 3.99. The largest absolute Gasteiger partial charge is 0.248 e. The van der Waals surface area contributed by atoms with Gasteiger partial charge >= 0.3 is 0 Å². The first-order valence-electron chi connectivity index (χ1n) is 5.36. The number of rotatable bonds is 2. The highest BCUT2D eigenvalue weighted by atomic mass is 35.5. The number of halogens is 1. The Morgan fingerprint density at radius 1 is 1.65 bits per heavy atom. The van der Waals surface area contributed by atoms with Crippen LogP contribution in [0.5, 0.6) is 0 Å². The normalized spacial score (nSPS) is 27.6. The number of nitrogens with zero attached hydrogens (tertiary/aromatic N) is 3. The van der Waals surface area contributed by atoms with E-state index in [1.165, 1.54) is 0 Å². The van der Waals surface area contributed by atoms with Crippen LogP contribution in [0.25, 0.3) is 0 Å². The number of hydrogen-bond acceptors (Lipinski definition) is 4. The standard InChI is InChI=1S/C11H12ClN3OS/c12-11-4-3-9(7-14-11)6-10-2-1-5-17(10,16)15-8-13/h3-4,7,10H,1-2,5-6H2/t10?,17-/m1/s1. The molecular weight excluding hydrogens is 258 g/mol. The van der Waals surface area contributed by atoms with Gasteiger partial charge in [0.2, 0.25) is 6.19 Å². The van der Waals surface area contributed by atoms with E-state index in [4.69, 9.17) is 16.9 Å². The Morgan fingerprint density at radius 3 is 3.12 bits per heavy atom. The Kier molecular flexibility index (Phi) is 3.65. The van der Waals surface area contributed by atoms with Crippen LogP contribution in [0.3, 0.4) is 0 Å². The summed E-state index contributed by atoms with van der Waals surface area (Å²) in [6.07, 6.45) is 5.75. The average molecular weight is 270 g/mol. The Bertz CT molecular complexity index is 555. The van der Waals surface area contributed by atoms with Crippen LogP contribution >= 0.6 is 11.6 Å². The van der Waals surface area contributed by atoms with Crippen LogP contribution in [0.4, 0.5) is 0 Å². The van der Waals surface area contributed by atoms with E-state index in [-0.39, 0.29) is 5.25 Å². The molecule has 1 unspecified atom stereocenters. The highest BCUT2D eigenvalue weighted by Gasteiger charge is 2.29. The zero-order valence-electron chi connectivity index (χ0n) is 9.17. The monoisotopic (exact) mass is 269 g/mol. The lowest BCUT2D eigenvalue weighted by Crippen LogP contribution is -2.18. The van der Waals surface area contributed by atoms with Crippen molar-refractivity contribution in [2.24, 2.45) is 4.36 Å². The van der Waals surface area contributed by atoms with E-state index in [0.29, 0.717) is 17.3 Å². The molecule has 17 heavy (non-hydrogen) atoms. The Morgan fingerprint density at radius 2 is 2.47 bits per heavy atom. The van der Waals surface area contributed by atoms with Gasteiger partial charge in [-0.1, -0.05) is 17.7 Å². The van der Waals surface area contributed by atoms with Crippen molar-refractivity contribution in [2.75, 3.05) is 5.75 Å². The van der Waals surface area contributed by atoms with Crippen molar-refractivity contribution in [1.82, 2.24) is 4.98 Å². The molecule has 0 radical (unpaired) electrons. The molecule has 1 aliphatic rings. The van der Waals surface area contributed by atoms with Gasteiger partial charge in [-0.15, -0.1) is 4.36 Å². The van der Waals surface area contributed by atoms with E-state index in [0.717, 1.165) is 18.4 Å². The molecule has 0 aromatic carbocycles. The maximum absolute atomic E-state index is 12.4. The van der Waals surface area contributed by atoms with Crippen molar-refractivity contribution in [2.45, 2.75) is 24.5 Å². The van der Waals surface area contributed by atoms with Crippen LogP contribution in [0.15, 0.2) is 22.7 Å². The quantitative estimate of drug-likeness (QED) is 0.612. The van der Waals surface area contributed by atoms with Gasteiger partial charge in [0.25, 0.3) is 0 Å². The summed E-state index contributed by atoms with van der Waals surface area (Å²) >= 11 is 5.70. The summed E-state index contributed by atoms with van der Waals surface area (Å²) in [5.41, 5.74) is 0.988. The topological polar surface area (TPSA) is 66.1 Å². The highest BCUT2D eigenvalue weighted by Crippen LogP contribution is 2.25. The molecule has 0 N–H and O–H groups in total. The predicted molar refractivity (Wildman–Crippen MR) is 67.0 cm³/mol. The molecule has 2 heterocycles. The second-order valence-electron chi connectivity index (χ2n) is 4.04. The van der Waals surface area contributed by atoms with Gasteiger partial charge in [-0.3, -0.25) is 0 Å². The minimum Gasteiger partial charge on any atom is -0.248 e. The fourth-order valence-corrected chi connectivity index (χ4v) is 4.47. The molecule has 0 spiro atoms. The predicted octanol–water partition coefficient (Wildman–Crippen LogP) is 2.39. The van der Waals surface area contributed by atoms with Crippen LogP contribution in [0.2, 0.25) is 5.15 Å². The zero-order chi connectivity index (χ0) is 12.3. The third kappa shape index (κ3) is 2.76.